The molecule has 0 heterocycles. The van der Waals surface area contributed by atoms with Gasteiger partial charge in [-0.25, -0.2) is 4.79 Å². The Hall–Kier alpha value is -0.810. The molecule has 0 aliphatic carbocycles. The largest absolute Gasteiger partial charge is 0.449 e. The molecule has 366 valence electrons. The van der Waals surface area contributed by atoms with Crippen LogP contribution in [0, 0.1) is 5.92 Å². The number of carbonyl (C=O) groups excluding carboxylic acids is 1. The number of hydrogen-bond donors (Lipinski definition) is 0. The lowest BCUT2D eigenvalue weighted by atomic mass is 9.93. The van der Waals surface area contributed by atoms with Crippen LogP contribution in [0.5, 0.6) is 0 Å². The summed E-state index contributed by atoms with van der Waals surface area (Å²) in [4.78, 5) is 14.9. The number of amides is 1. The first-order valence-electron chi connectivity index (χ1n) is 27.6. The zero-order valence-electron chi connectivity index (χ0n) is 43.3. The van der Waals surface area contributed by atoms with Crippen LogP contribution in [0.4, 0.5) is 4.79 Å². The highest BCUT2D eigenvalue weighted by molar-refractivity contribution is 5.67. The summed E-state index contributed by atoms with van der Waals surface area (Å²) >= 11 is 0. The van der Waals surface area contributed by atoms with E-state index in [-0.39, 0.29) is 17.3 Å². The van der Waals surface area contributed by atoms with Crippen molar-refractivity contribution in [3.63, 3.8) is 0 Å². The predicted octanol–water partition coefficient (Wildman–Crippen LogP) is 18.9. The first-order valence-corrected chi connectivity index (χ1v) is 27.6. The summed E-state index contributed by atoms with van der Waals surface area (Å²) in [5.74, 6) is 0.573. The second kappa shape index (κ2) is 44.4. The third kappa shape index (κ3) is 44.2. The van der Waals surface area contributed by atoms with E-state index in [0.717, 1.165) is 25.8 Å². The van der Waals surface area contributed by atoms with Crippen molar-refractivity contribution in [3.05, 3.63) is 0 Å². The van der Waals surface area contributed by atoms with Gasteiger partial charge in [-0.1, -0.05) is 245 Å². The first kappa shape index (κ1) is 60.2. The van der Waals surface area contributed by atoms with Crippen molar-refractivity contribution in [3.8, 4) is 0 Å². The van der Waals surface area contributed by atoms with E-state index in [2.05, 4.69) is 41.5 Å². The average Bonchev–Trinajstić information content (AvgIpc) is 3.23. The van der Waals surface area contributed by atoms with Gasteiger partial charge in [0, 0.05) is 20.7 Å². The minimum atomic E-state index is -0.244. The smallest absolute Gasteiger partial charge is 0.409 e. The molecule has 0 spiro atoms. The topological polar surface area (TPSA) is 48.0 Å². The summed E-state index contributed by atoms with van der Waals surface area (Å²) in [6.45, 7) is 15.0. The molecule has 0 radical (unpaired) electrons. The van der Waals surface area contributed by atoms with E-state index >= 15 is 0 Å². The monoisotopic (exact) mass is 864 g/mol. The number of ether oxygens (including phenoxy) is 3. The highest BCUT2D eigenvalue weighted by Crippen LogP contribution is 2.23. The number of rotatable bonds is 49. The van der Waals surface area contributed by atoms with Crippen LogP contribution in [-0.4, -0.2) is 56.1 Å². The minimum Gasteiger partial charge on any atom is -0.449 e. The standard InChI is InChI=1S/C56H113NO4/c1-9-11-13-15-17-19-21-23-25-27-29-31-33-35-37-39-41-43-46-53(47-44-42-40-38-36-34-32-30-28-26-24-22-20-18-16-14-12-10-2)52-57(7)54(58)60-50-45-48-56(5,6)61-51-49-55(3,4)59-8/h53H,9-52H2,1-8H3. The Morgan fingerprint density at radius 3 is 1.05 bits per heavy atom. The van der Waals surface area contributed by atoms with Crippen LogP contribution in [0.15, 0.2) is 0 Å². The maximum Gasteiger partial charge on any atom is 0.409 e. The molecule has 0 aromatic heterocycles. The Morgan fingerprint density at radius 2 is 0.738 bits per heavy atom. The Kier molecular flexibility index (Phi) is 43.8. The van der Waals surface area contributed by atoms with E-state index in [4.69, 9.17) is 14.2 Å². The molecule has 0 aromatic rings. The lowest BCUT2D eigenvalue weighted by Crippen LogP contribution is -2.33. The Morgan fingerprint density at radius 1 is 0.426 bits per heavy atom. The number of methoxy groups -OCH3 is 1. The number of nitrogens with zero attached hydrogens (tertiary/aromatic N) is 1. The molecule has 0 fully saturated rings. The second-order valence-electron chi connectivity index (χ2n) is 20.9. The highest BCUT2D eigenvalue weighted by Gasteiger charge is 2.22. The molecule has 0 saturated heterocycles. The zero-order valence-corrected chi connectivity index (χ0v) is 43.3. The molecule has 5 heteroatoms. The van der Waals surface area contributed by atoms with E-state index in [1.165, 1.54) is 244 Å². The van der Waals surface area contributed by atoms with Crippen molar-refractivity contribution in [2.75, 3.05) is 33.9 Å². The molecule has 61 heavy (non-hydrogen) atoms. The first-order chi connectivity index (χ1) is 29.6. The highest BCUT2D eigenvalue weighted by atomic mass is 16.6. The predicted molar refractivity (Wildman–Crippen MR) is 269 cm³/mol. The van der Waals surface area contributed by atoms with Crippen LogP contribution in [-0.2, 0) is 14.2 Å². The van der Waals surface area contributed by atoms with Gasteiger partial charge in [0.25, 0.3) is 0 Å². The van der Waals surface area contributed by atoms with Crippen molar-refractivity contribution < 1.29 is 19.0 Å². The lowest BCUT2D eigenvalue weighted by Gasteiger charge is -2.29. The molecule has 0 rings (SSSR count). The van der Waals surface area contributed by atoms with Crippen LogP contribution in [0.3, 0.4) is 0 Å². The molecule has 0 N–H and O–H groups in total. The Bertz CT molecular complexity index is 850. The van der Waals surface area contributed by atoms with Crippen molar-refractivity contribution in [2.45, 2.75) is 316 Å². The van der Waals surface area contributed by atoms with Gasteiger partial charge in [0.05, 0.1) is 24.4 Å². The molecule has 0 atom stereocenters. The van der Waals surface area contributed by atoms with Crippen LogP contribution in [0.25, 0.3) is 0 Å². The van der Waals surface area contributed by atoms with Gasteiger partial charge in [-0.3, -0.25) is 0 Å². The van der Waals surface area contributed by atoms with E-state index in [0.29, 0.717) is 19.1 Å². The van der Waals surface area contributed by atoms with E-state index < -0.39 is 0 Å². The van der Waals surface area contributed by atoms with Crippen LogP contribution in [0.1, 0.15) is 305 Å². The van der Waals surface area contributed by atoms with E-state index in [1.54, 1.807) is 7.11 Å². The van der Waals surface area contributed by atoms with Crippen LogP contribution < -0.4 is 0 Å². The van der Waals surface area contributed by atoms with Gasteiger partial charge in [-0.15, -0.1) is 0 Å². The molecule has 0 saturated carbocycles. The van der Waals surface area contributed by atoms with Gasteiger partial charge in [0.2, 0.25) is 0 Å². The van der Waals surface area contributed by atoms with Crippen molar-refractivity contribution in [1.29, 1.82) is 0 Å². The summed E-state index contributed by atoms with van der Waals surface area (Å²) in [6.07, 6.45) is 55.8. The summed E-state index contributed by atoms with van der Waals surface area (Å²) in [5.41, 5.74) is -0.419. The normalized spacial score (nSPS) is 12.2. The molecule has 5 nitrogen and oxygen atoms in total. The number of carbonyl (C=O) groups is 1. The fraction of sp³-hybridized carbons (Fsp3) is 0.982. The molecular formula is C56H113NO4. The lowest BCUT2D eigenvalue weighted by molar-refractivity contribution is -0.0632. The quantitative estimate of drug-likeness (QED) is 0.0572. The maximum absolute atomic E-state index is 13.1. The summed E-state index contributed by atoms with van der Waals surface area (Å²) < 4.78 is 17.5. The summed E-state index contributed by atoms with van der Waals surface area (Å²) in [5, 5.41) is 0. The fourth-order valence-corrected chi connectivity index (χ4v) is 8.97. The second-order valence-corrected chi connectivity index (χ2v) is 20.9. The summed E-state index contributed by atoms with van der Waals surface area (Å²) in [6, 6.07) is 0. The third-order valence-corrected chi connectivity index (χ3v) is 13.7. The molecule has 0 aliphatic rings. The zero-order chi connectivity index (χ0) is 45.0. The number of hydrogen-bond acceptors (Lipinski definition) is 4. The van der Waals surface area contributed by atoms with Crippen molar-refractivity contribution in [1.82, 2.24) is 4.90 Å². The minimum absolute atomic E-state index is 0.166. The molecule has 0 aliphatic heterocycles. The van der Waals surface area contributed by atoms with Gasteiger partial charge in [-0.05, 0) is 65.7 Å². The fourth-order valence-electron chi connectivity index (χ4n) is 8.97. The van der Waals surface area contributed by atoms with Crippen LogP contribution in [0.2, 0.25) is 0 Å². The molecule has 0 unspecified atom stereocenters. The van der Waals surface area contributed by atoms with Gasteiger partial charge in [0.1, 0.15) is 0 Å². The molecule has 0 bridgehead atoms. The summed E-state index contributed by atoms with van der Waals surface area (Å²) in [7, 11) is 3.70. The third-order valence-electron chi connectivity index (χ3n) is 13.7. The van der Waals surface area contributed by atoms with E-state index in [1.807, 2.05) is 11.9 Å². The Balaban J connectivity index is 4.34. The van der Waals surface area contributed by atoms with Gasteiger partial charge in [0.15, 0.2) is 0 Å². The van der Waals surface area contributed by atoms with Gasteiger partial charge in [-0.2, -0.15) is 0 Å². The Labute approximate surface area is 384 Å². The van der Waals surface area contributed by atoms with Crippen molar-refractivity contribution >= 4 is 6.09 Å². The van der Waals surface area contributed by atoms with Crippen LogP contribution >= 0.6 is 0 Å². The molecule has 1 amide bonds. The maximum atomic E-state index is 13.1. The average molecular weight is 865 g/mol. The van der Waals surface area contributed by atoms with E-state index in [9.17, 15) is 4.79 Å². The SMILES string of the molecule is CCCCCCCCCCCCCCCCCCCCC(CCCCCCCCCCCCCCCCCCCC)CN(C)C(=O)OCCCC(C)(C)OCCC(C)(C)OC. The van der Waals surface area contributed by atoms with Gasteiger partial charge < -0.3 is 19.1 Å². The van der Waals surface area contributed by atoms with Crippen molar-refractivity contribution in [2.24, 2.45) is 5.92 Å². The number of unbranched alkanes of at least 4 members (excludes halogenated alkanes) is 34. The molecule has 0 aromatic carbocycles. The molecular weight excluding hydrogens is 751 g/mol. The van der Waals surface area contributed by atoms with Gasteiger partial charge >= 0.3 is 6.09 Å².